The summed E-state index contributed by atoms with van der Waals surface area (Å²) in [6.07, 6.45) is 0. The zero-order valence-corrected chi connectivity index (χ0v) is 9.68. The van der Waals surface area contributed by atoms with Crippen molar-refractivity contribution in [3.05, 3.63) is 46.8 Å². The van der Waals surface area contributed by atoms with E-state index in [1.54, 1.807) is 12.1 Å². The third kappa shape index (κ3) is 3.34. The molecule has 1 atom stereocenters. The van der Waals surface area contributed by atoms with Gasteiger partial charge >= 0.3 is 0 Å². The number of hydrogen-bond acceptors (Lipinski definition) is 2. The summed E-state index contributed by atoms with van der Waals surface area (Å²) in [6, 6.07) is 6.13. The van der Waals surface area contributed by atoms with Crippen LogP contribution in [0.2, 0.25) is 0 Å². The minimum atomic E-state index is -0.390. The summed E-state index contributed by atoms with van der Waals surface area (Å²) in [5.41, 5.74) is 0.826. The molecule has 1 unspecified atom stereocenters. The fourth-order valence-electron chi connectivity index (χ4n) is 1.32. The van der Waals surface area contributed by atoms with E-state index in [9.17, 15) is 4.39 Å². The van der Waals surface area contributed by atoms with Crippen LogP contribution < -0.4 is 5.32 Å². The fourth-order valence-corrected chi connectivity index (χ4v) is 1.40. The van der Waals surface area contributed by atoms with Crippen molar-refractivity contribution in [3.8, 4) is 6.07 Å². The molecule has 0 radical (unpaired) electrons. The van der Waals surface area contributed by atoms with Gasteiger partial charge in [0.1, 0.15) is 5.82 Å². The highest BCUT2D eigenvalue weighted by molar-refractivity contribution is 6.29. The summed E-state index contributed by atoms with van der Waals surface area (Å²) < 4.78 is 13.6. The van der Waals surface area contributed by atoms with E-state index in [1.807, 2.05) is 13.0 Å². The van der Waals surface area contributed by atoms with Gasteiger partial charge in [0.25, 0.3) is 0 Å². The van der Waals surface area contributed by atoms with E-state index in [0.29, 0.717) is 22.7 Å². The van der Waals surface area contributed by atoms with Crippen LogP contribution in [0.3, 0.4) is 0 Å². The SMILES string of the molecule is C=C(Cl)CNC(C)c1ccc(C#N)cc1F. The lowest BCUT2D eigenvalue weighted by Gasteiger charge is -2.14. The molecule has 0 fully saturated rings. The molecule has 0 aromatic heterocycles. The van der Waals surface area contributed by atoms with E-state index in [1.165, 1.54) is 6.07 Å². The standard InChI is InChI=1S/C12H12ClFN2/c1-8(13)7-16-9(2)11-4-3-10(6-15)5-12(11)14/h3-5,9,16H,1,7H2,2H3. The van der Waals surface area contributed by atoms with Crippen molar-refractivity contribution in [3.63, 3.8) is 0 Å². The molecule has 16 heavy (non-hydrogen) atoms. The Morgan fingerprint density at radius 1 is 1.69 bits per heavy atom. The summed E-state index contributed by atoms with van der Waals surface area (Å²) in [5, 5.41) is 12.1. The number of hydrogen-bond donors (Lipinski definition) is 1. The monoisotopic (exact) mass is 238 g/mol. The van der Waals surface area contributed by atoms with Crippen LogP contribution in [0.4, 0.5) is 4.39 Å². The Morgan fingerprint density at radius 2 is 2.38 bits per heavy atom. The fraction of sp³-hybridized carbons (Fsp3) is 0.250. The van der Waals surface area contributed by atoms with E-state index in [4.69, 9.17) is 16.9 Å². The van der Waals surface area contributed by atoms with Crippen molar-refractivity contribution in [2.45, 2.75) is 13.0 Å². The van der Waals surface area contributed by atoms with E-state index in [2.05, 4.69) is 11.9 Å². The van der Waals surface area contributed by atoms with E-state index in [-0.39, 0.29) is 11.9 Å². The molecule has 1 N–H and O–H groups in total. The average molecular weight is 239 g/mol. The second-order valence-corrected chi connectivity index (χ2v) is 4.00. The topological polar surface area (TPSA) is 35.8 Å². The Hall–Kier alpha value is -1.37. The van der Waals surface area contributed by atoms with Gasteiger partial charge in [-0.2, -0.15) is 5.26 Å². The highest BCUT2D eigenvalue weighted by Gasteiger charge is 2.10. The first-order valence-electron chi connectivity index (χ1n) is 4.80. The van der Waals surface area contributed by atoms with Crippen molar-refractivity contribution in [1.29, 1.82) is 5.26 Å². The smallest absolute Gasteiger partial charge is 0.129 e. The number of halogens is 2. The predicted molar refractivity (Wildman–Crippen MR) is 62.5 cm³/mol. The first-order valence-corrected chi connectivity index (χ1v) is 5.18. The zero-order valence-electron chi connectivity index (χ0n) is 8.93. The van der Waals surface area contributed by atoms with Crippen molar-refractivity contribution in [2.75, 3.05) is 6.54 Å². The number of nitrogens with one attached hydrogen (secondary N) is 1. The minimum absolute atomic E-state index is 0.178. The average Bonchev–Trinajstić information content (AvgIpc) is 2.25. The molecule has 1 aromatic rings. The van der Waals surface area contributed by atoms with Crippen LogP contribution in [0.1, 0.15) is 24.1 Å². The Labute approximate surface area is 99.3 Å². The number of nitrogens with zero attached hydrogens (tertiary/aromatic N) is 1. The Balaban J connectivity index is 2.80. The molecular formula is C12H12ClFN2. The molecular weight excluding hydrogens is 227 g/mol. The molecule has 0 saturated heterocycles. The van der Waals surface area contributed by atoms with Gasteiger partial charge in [0.15, 0.2) is 0 Å². The van der Waals surface area contributed by atoms with E-state index >= 15 is 0 Å². The Bertz CT molecular complexity index is 437. The predicted octanol–water partition coefficient (Wildman–Crippen LogP) is 3.10. The van der Waals surface area contributed by atoms with Crippen LogP contribution in [0.25, 0.3) is 0 Å². The second kappa shape index (κ2) is 5.64. The number of nitriles is 1. The van der Waals surface area contributed by atoms with Crippen LogP contribution in [0.5, 0.6) is 0 Å². The van der Waals surface area contributed by atoms with Gasteiger partial charge in [-0.25, -0.2) is 4.39 Å². The lowest BCUT2D eigenvalue weighted by atomic mass is 10.1. The maximum atomic E-state index is 13.6. The largest absolute Gasteiger partial charge is 0.305 e. The van der Waals surface area contributed by atoms with Gasteiger partial charge in [0, 0.05) is 23.2 Å². The van der Waals surface area contributed by atoms with Crippen molar-refractivity contribution in [1.82, 2.24) is 5.32 Å². The molecule has 0 aliphatic rings. The maximum Gasteiger partial charge on any atom is 0.129 e. The Kier molecular flexibility index (Phi) is 4.48. The minimum Gasteiger partial charge on any atom is -0.305 e. The lowest BCUT2D eigenvalue weighted by Crippen LogP contribution is -2.20. The molecule has 0 aliphatic heterocycles. The van der Waals surface area contributed by atoms with Crippen LogP contribution in [0.15, 0.2) is 29.8 Å². The van der Waals surface area contributed by atoms with Crippen molar-refractivity contribution < 1.29 is 4.39 Å². The highest BCUT2D eigenvalue weighted by atomic mass is 35.5. The molecule has 0 aliphatic carbocycles. The van der Waals surface area contributed by atoms with Gasteiger partial charge < -0.3 is 5.32 Å². The lowest BCUT2D eigenvalue weighted by molar-refractivity contribution is 0.548. The van der Waals surface area contributed by atoms with Crippen molar-refractivity contribution in [2.24, 2.45) is 0 Å². The van der Waals surface area contributed by atoms with Crippen LogP contribution >= 0.6 is 11.6 Å². The molecule has 0 bridgehead atoms. The zero-order chi connectivity index (χ0) is 12.1. The number of rotatable bonds is 4. The van der Waals surface area contributed by atoms with Gasteiger partial charge in [0.05, 0.1) is 11.6 Å². The molecule has 0 amide bonds. The van der Waals surface area contributed by atoms with Gasteiger partial charge in [-0.05, 0) is 19.1 Å². The van der Waals surface area contributed by atoms with Gasteiger partial charge in [-0.15, -0.1) is 0 Å². The molecule has 84 valence electrons. The third-order valence-corrected chi connectivity index (χ3v) is 2.33. The van der Waals surface area contributed by atoms with Gasteiger partial charge in [-0.3, -0.25) is 0 Å². The van der Waals surface area contributed by atoms with Gasteiger partial charge in [0.2, 0.25) is 0 Å². The first-order chi connectivity index (χ1) is 7.54. The summed E-state index contributed by atoms with van der Waals surface area (Å²) in [4.78, 5) is 0. The van der Waals surface area contributed by atoms with E-state index < -0.39 is 0 Å². The molecule has 1 aromatic carbocycles. The summed E-state index contributed by atoms with van der Waals surface area (Å²) >= 11 is 5.60. The van der Waals surface area contributed by atoms with Crippen molar-refractivity contribution >= 4 is 11.6 Å². The molecule has 0 spiro atoms. The molecule has 1 rings (SSSR count). The second-order valence-electron chi connectivity index (χ2n) is 3.47. The molecule has 0 saturated carbocycles. The highest BCUT2D eigenvalue weighted by Crippen LogP contribution is 2.18. The van der Waals surface area contributed by atoms with E-state index in [0.717, 1.165) is 0 Å². The van der Waals surface area contributed by atoms with Crippen LogP contribution in [-0.2, 0) is 0 Å². The summed E-state index contributed by atoms with van der Waals surface area (Å²) in [6.45, 7) is 5.78. The first kappa shape index (κ1) is 12.7. The van der Waals surface area contributed by atoms with Crippen LogP contribution in [-0.4, -0.2) is 6.54 Å². The maximum absolute atomic E-state index is 13.6. The third-order valence-electron chi connectivity index (χ3n) is 2.20. The number of benzene rings is 1. The molecule has 2 nitrogen and oxygen atoms in total. The van der Waals surface area contributed by atoms with Crippen LogP contribution in [0, 0.1) is 17.1 Å². The summed E-state index contributed by atoms with van der Waals surface area (Å²) in [5.74, 6) is -0.390. The van der Waals surface area contributed by atoms with Gasteiger partial charge in [-0.1, -0.05) is 24.2 Å². The summed E-state index contributed by atoms with van der Waals surface area (Å²) in [7, 11) is 0. The normalized spacial score (nSPS) is 11.9. The molecule has 4 heteroatoms. The molecule has 0 heterocycles. The Morgan fingerprint density at radius 3 is 2.88 bits per heavy atom. The quantitative estimate of drug-likeness (QED) is 0.875.